The van der Waals surface area contributed by atoms with Gasteiger partial charge < -0.3 is 4.74 Å². The van der Waals surface area contributed by atoms with E-state index in [2.05, 4.69) is 5.10 Å². The van der Waals surface area contributed by atoms with Crippen molar-refractivity contribution in [2.24, 2.45) is 0 Å². The monoisotopic (exact) mass is 385 g/mol. The molecule has 0 unspecified atom stereocenters. The first-order valence-electron chi connectivity index (χ1n) is 8.10. The van der Waals surface area contributed by atoms with Crippen LogP contribution in [-0.2, 0) is 11.3 Å². The highest BCUT2D eigenvalue weighted by molar-refractivity contribution is 6.31. The lowest BCUT2D eigenvalue weighted by molar-refractivity contribution is -0.386. The fraction of sp³-hybridized carbons (Fsp3) is 0.158. The summed E-state index contributed by atoms with van der Waals surface area (Å²) in [5.41, 5.74) is 2.22. The predicted molar refractivity (Wildman–Crippen MR) is 100 cm³/mol. The molecule has 0 saturated heterocycles. The number of nitrogens with zero attached hydrogens (tertiary/aromatic N) is 3. The molecule has 0 aliphatic rings. The van der Waals surface area contributed by atoms with Crippen LogP contribution in [0.25, 0.3) is 5.69 Å². The van der Waals surface area contributed by atoms with Crippen LogP contribution in [0.15, 0.2) is 48.5 Å². The molecule has 0 saturated carbocycles. The summed E-state index contributed by atoms with van der Waals surface area (Å²) in [7, 11) is 0. The Morgan fingerprint density at radius 2 is 1.96 bits per heavy atom. The summed E-state index contributed by atoms with van der Waals surface area (Å²) in [6.45, 7) is 3.23. The van der Waals surface area contributed by atoms with Crippen molar-refractivity contribution in [3.63, 3.8) is 0 Å². The SMILES string of the molecule is Cc1nn(-c2cccc(C(=O)OCc3ccccc3Cl)c2)c(C)c1[N+](=O)[O-]. The second-order valence-corrected chi connectivity index (χ2v) is 6.31. The molecule has 3 aromatic rings. The summed E-state index contributed by atoms with van der Waals surface area (Å²) in [6, 6.07) is 13.7. The van der Waals surface area contributed by atoms with E-state index in [1.807, 2.05) is 6.07 Å². The molecule has 1 heterocycles. The Balaban J connectivity index is 1.84. The first-order chi connectivity index (χ1) is 12.9. The van der Waals surface area contributed by atoms with Gasteiger partial charge in [-0.05, 0) is 38.1 Å². The number of carbonyl (C=O) groups excluding carboxylic acids is 1. The van der Waals surface area contributed by atoms with E-state index in [1.165, 1.54) is 4.68 Å². The molecule has 3 rings (SSSR count). The van der Waals surface area contributed by atoms with E-state index in [0.717, 1.165) is 0 Å². The van der Waals surface area contributed by atoms with Crippen LogP contribution in [0.1, 0.15) is 27.3 Å². The number of benzene rings is 2. The molecule has 0 fully saturated rings. The maximum absolute atomic E-state index is 12.4. The van der Waals surface area contributed by atoms with Crippen molar-refractivity contribution in [2.75, 3.05) is 0 Å². The van der Waals surface area contributed by atoms with Crippen LogP contribution in [-0.4, -0.2) is 20.7 Å². The molecule has 2 aromatic carbocycles. The molecule has 0 radical (unpaired) electrons. The highest BCUT2D eigenvalue weighted by Crippen LogP contribution is 2.25. The summed E-state index contributed by atoms with van der Waals surface area (Å²) in [4.78, 5) is 23.1. The summed E-state index contributed by atoms with van der Waals surface area (Å²) in [5.74, 6) is -0.521. The summed E-state index contributed by atoms with van der Waals surface area (Å²) in [5, 5.41) is 15.9. The van der Waals surface area contributed by atoms with Gasteiger partial charge in [-0.2, -0.15) is 5.10 Å². The second-order valence-electron chi connectivity index (χ2n) is 5.91. The van der Waals surface area contributed by atoms with Crippen molar-refractivity contribution in [2.45, 2.75) is 20.5 Å². The van der Waals surface area contributed by atoms with Crippen molar-refractivity contribution in [3.05, 3.63) is 86.2 Å². The van der Waals surface area contributed by atoms with Crippen LogP contribution < -0.4 is 0 Å². The molecular weight excluding hydrogens is 370 g/mol. The van der Waals surface area contributed by atoms with Gasteiger partial charge in [0.25, 0.3) is 0 Å². The molecule has 27 heavy (non-hydrogen) atoms. The van der Waals surface area contributed by atoms with Crippen molar-refractivity contribution < 1.29 is 14.5 Å². The fourth-order valence-electron chi connectivity index (χ4n) is 2.76. The number of halogens is 1. The molecule has 0 amide bonds. The van der Waals surface area contributed by atoms with Crippen molar-refractivity contribution in [1.29, 1.82) is 0 Å². The number of nitro groups is 1. The highest BCUT2D eigenvalue weighted by Gasteiger charge is 2.23. The average molecular weight is 386 g/mol. The van der Waals surface area contributed by atoms with Gasteiger partial charge in [0.05, 0.1) is 16.2 Å². The minimum atomic E-state index is -0.521. The Bertz CT molecular complexity index is 1030. The van der Waals surface area contributed by atoms with Gasteiger partial charge in [0.2, 0.25) is 0 Å². The number of hydrogen-bond acceptors (Lipinski definition) is 5. The van der Waals surface area contributed by atoms with Crippen LogP contribution in [0.3, 0.4) is 0 Å². The van der Waals surface area contributed by atoms with E-state index in [4.69, 9.17) is 16.3 Å². The highest BCUT2D eigenvalue weighted by atomic mass is 35.5. The molecule has 7 nitrogen and oxygen atoms in total. The lowest BCUT2D eigenvalue weighted by Crippen LogP contribution is -2.07. The van der Waals surface area contributed by atoms with Gasteiger partial charge in [0.15, 0.2) is 0 Å². The number of hydrogen-bond donors (Lipinski definition) is 0. The number of carbonyl (C=O) groups is 1. The fourth-order valence-corrected chi connectivity index (χ4v) is 2.95. The second kappa shape index (κ2) is 7.59. The number of aryl methyl sites for hydroxylation is 1. The Morgan fingerprint density at radius 3 is 2.63 bits per heavy atom. The maximum atomic E-state index is 12.4. The standard InChI is InChI=1S/C19H16ClN3O4/c1-12-18(23(25)26)13(2)22(21-12)16-8-5-7-14(10-16)19(24)27-11-15-6-3-4-9-17(15)20/h3-10H,11H2,1-2H3. The minimum Gasteiger partial charge on any atom is -0.457 e. The minimum absolute atomic E-state index is 0.0401. The van der Waals surface area contributed by atoms with E-state index in [9.17, 15) is 14.9 Å². The van der Waals surface area contributed by atoms with Crippen molar-refractivity contribution >= 4 is 23.3 Å². The average Bonchev–Trinajstić information content (AvgIpc) is 2.95. The largest absolute Gasteiger partial charge is 0.457 e. The third-order valence-electron chi connectivity index (χ3n) is 4.08. The normalized spacial score (nSPS) is 10.6. The first-order valence-corrected chi connectivity index (χ1v) is 8.48. The molecule has 0 aliphatic carbocycles. The van der Waals surface area contributed by atoms with E-state index in [0.29, 0.717) is 33.2 Å². The summed E-state index contributed by atoms with van der Waals surface area (Å²) in [6.07, 6.45) is 0. The third-order valence-corrected chi connectivity index (χ3v) is 4.45. The smallest absolute Gasteiger partial charge is 0.338 e. The number of aromatic nitrogens is 2. The number of rotatable bonds is 5. The Kier molecular flexibility index (Phi) is 5.23. The summed E-state index contributed by atoms with van der Waals surface area (Å²) >= 11 is 6.06. The van der Waals surface area contributed by atoms with Gasteiger partial charge in [-0.15, -0.1) is 0 Å². The zero-order valence-electron chi connectivity index (χ0n) is 14.7. The predicted octanol–water partition coefficient (Wildman–Crippen LogP) is 4.41. The van der Waals surface area contributed by atoms with E-state index >= 15 is 0 Å². The first kappa shape index (κ1) is 18.6. The van der Waals surface area contributed by atoms with Gasteiger partial charge in [-0.3, -0.25) is 10.1 Å². The Hall–Kier alpha value is -3.19. The molecule has 0 bridgehead atoms. The van der Waals surface area contributed by atoms with Gasteiger partial charge in [-0.25, -0.2) is 9.48 Å². The number of esters is 1. The lowest BCUT2D eigenvalue weighted by atomic mass is 10.2. The molecule has 0 N–H and O–H groups in total. The molecule has 0 spiro atoms. The van der Waals surface area contributed by atoms with E-state index < -0.39 is 10.9 Å². The zero-order chi connectivity index (χ0) is 19.6. The quantitative estimate of drug-likeness (QED) is 0.369. The van der Waals surface area contributed by atoms with Crippen LogP contribution >= 0.6 is 11.6 Å². The Labute approximate surface area is 160 Å². The molecule has 1 aromatic heterocycles. The maximum Gasteiger partial charge on any atom is 0.338 e. The molecule has 0 aliphatic heterocycles. The van der Waals surface area contributed by atoms with Gasteiger partial charge >= 0.3 is 11.7 Å². The van der Waals surface area contributed by atoms with Crippen LogP contribution in [0.5, 0.6) is 0 Å². The molecule has 8 heteroatoms. The van der Waals surface area contributed by atoms with Crippen molar-refractivity contribution in [1.82, 2.24) is 9.78 Å². The van der Waals surface area contributed by atoms with Crippen LogP contribution in [0, 0.1) is 24.0 Å². The zero-order valence-corrected chi connectivity index (χ0v) is 15.4. The van der Waals surface area contributed by atoms with Gasteiger partial charge in [0.1, 0.15) is 18.0 Å². The molecule has 138 valence electrons. The lowest BCUT2D eigenvalue weighted by Gasteiger charge is -2.08. The number of ether oxygens (including phenoxy) is 1. The van der Waals surface area contributed by atoms with Gasteiger partial charge in [-0.1, -0.05) is 35.9 Å². The van der Waals surface area contributed by atoms with Crippen molar-refractivity contribution in [3.8, 4) is 5.69 Å². The van der Waals surface area contributed by atoms with Crippen LogP contribution in [0.2, 0.25) is 5.02 Å². The summed E-state index contributed by atoms with van der Waals surface area (Å²) < 4.78 is 6.76. The van der Waals surface area contributed by atoms with Crippen LogP contribution in [0.4, 0.5) is 5.69 Å². The van der Waals surface area contributed by atoms with E-state index in [-0.39, 0.29) is 12.3 Å². The molecule has 0 atom stereocenters. The Morgan fingerprint density at radius 1 is 1.22 bits per heavy atom. The topological polar surface area (TPSA) is 87.3 Å². The molecular formula is C19H16ClN3O4. The van der Waals surface area contributed by atoms with E-state index in [1.54, 1.807) is 56.3 Å². The third kappa shape index (κ3) is 3.83. The van der Waals surface area contributed by atoms with Gasteiger partial charge in [0, 0.05) is 10.6 Å².